The molecule has 0 spiro atoms. The van der Waals surface area contributed by atoms with Gasteiger partial charge in [-0.15, -0.1) is 0 Å². The van der Waals surface area contributed by atoms with E-state index in [0.717, 1.165) is 18.0 Å². The normalized spacial score (nSPS) is 14.8. The van der Waals surface area contributed by atoms with Gasteiger partial charge in [0.15, 0.2) is 6.54 Å². The van der Waals surface area contributed by atoms with Crippen LogP contribution in [0.3, 0.4) is 0 Å². The molecule has 0 bridgehead atoms. The van der Waals surface area contributed by atoms with Crippen molar-refractivity contribution in [3.8, 4) is 5.75 Å². The molecular weight excluding hydrogens is 312 g/mol. The van der Waals surface area contributed by atoms with Gasteiger partial charge in [-0.1, -0.05) is 6.07 Å². The van der Waals surface area contributed by atoms with E-state index in [-0.39, 0.29) is 5.91 Å². The molecule has 0 saturated heterocycles. The van der Waals surface area contributed by atoms with E-state index in [1.165, 1.54) is 34.4 Å². The number of methoxy groups -OCH3 is 1. The Labute approximate surface area is 149 Å². The number of rotatable bonds is 7. The zero-order valence-corrected chi connectivity index (χ0v) is 15.3. The van der Waals surface area contributed by atoms with Crippen LogP contribution in [-0.2, 0) is 11.3 Å². The molecule has 2 aromatic rings. The van der Waals surface area contributed by atoms with Crippen molar-refractivity contribution in [2.24, 2.45) is 0 Å². The van der Waals surface area contributed by atoms with Crippen LogP contribution in [0.4, 0.5) is 5.69 Å². The number of hydrogen-bond acceptors (Lipinski definition) is 2. The maximum absolute atomic E-state index is 12.5. The number of anilines is 1. The first kappa shape index (κ1) is 17.5. The van der Waals surface area contributed by atoms with Gasteiger partial charge in [0.2, 0.25) is 0 Å². The third-order valence-corrected chi connectivity index (χ3v) is 4.64. The standard InChI is InChI=1S/C21H26N2O2/c1-15-10-16(2)12-18(11-15)22-21(24)14-23(19-6-7-19)13-17-4-8-20(25-3)9-5-17/h4-5,8-12,19H,6-7,13-14H2,1-3H3,(H,22,24)/p+1. The monoisotopic (exact) mass is 339 g/mol. The lowest BCUT2D eigenvalue weighted by Crippen LogP contribution is -3.13. The highest BCUT2D eigenvalue weighted by atomic mass is 16.5. The summed E-state index contributed by atoms with van der Waals surface area (Å²) in [4.78, 5) is 13.9. The van der Waals surface area contributed by atoms with Gasteiger partial charge >= 0.3 is 0 Å². The number of benzene rings is 2. The number of nitrogens with one attached hydrogen (secondary N) is 2. The number of ether oxygens (including phenoxy) is 1. The van der Waals surface area contributed by atoms with Gasteiger partial charge in [-0.05, 0) is 61.4 Å². The fourth-order valence-corrected chi connectivity index (χ4v) is 3.31. The van der Waals surface area contributed by atoms with E-state index in [1.54, 1.807) is 7.11 Å². The van der Waals surface area contributed by atoms with Gasteiger partial charge in [-0.2, -0.15) is 0 Å². The molecule has 1 amide bonds. The maximum atomic E-state index is 12.5. The molecule has 1 atom stereocenters. The van der Waals surface area contributed by atoms with E-state index in [9.17, 15) is 4.79 Å². The van der Waals surface area contributed by atoms with E-state index in [4.69, 9.17) is 4.74 Å². The summed E-state index contributed by atoms with van der Waals surface area (Å²) in [7, 11) is 1.67. The predicted octanol–water partition coefficient (Wildman–Crippen LogP) is 2.50. The van der Waals surface area contributed by atoms with Crippen molar-refractivity contribution in [1.29, 1.82) is 0 Å². The summed E-state index contributed by atoms with van der Waals surface area (Å²) in [6.45, 7) is 5.47. The number of amides is 1. The molecule has 0 aliphatic heterocycles. The Morgan fingerprint density at radius 2 is 1.76 bits per heavy atom. The quantitative estimate of drug-likeness (QED) is 0.814. The highest BCUT2D eigenvalue weighted by molar-refractivity contribution is 5.91. The molecule has 0 radical (unpaired) electrons. The Morgan fingerprint density at radius 1 is 1.12 bits per heavy atom. The van der Waals surface area contributed by atoms with Crippen LogP contribution in [0.2, 0.25) is 0 Å². The number of quaternary nitrogens is 1. The highest BCUT2D eigenvalue weighted by Crippen LogP contribution is 2.17. The lowest BCUT2D eigenvalue weighted by Gasteiger charge is -2.19. The highest BCUT2D eigenvalue weighted by Gasteiger charge is 2.34. The van der Waals surface area contributed by atoms with Crippen molar-refractivity contribution in [3.05, 3.63) is 59.2 Å². The average Bonchev–Trinajstić information content (AvgIpc) is 3.38. The second kappa shape index (κ2) is 7.70. The van der Waals surface area contributed by atoms with E-state index >= 15 is 0 Å². The molecule has 1 unspecified atom stereocenters. The Kier molecular flexibility index (Phi) is 5.39. The predicted molar refractivity (Wildman–Crippen MR) is 100 cm³/mol. The van der Waals surface area contributed by atoms with Crippen LogP contribution in [0.15, 0.2) is 42.5 Å². The third-order valence-electron chi connectivity index (χ3n) is 4.64. The fourth-order valence-electron chi connectivity index (χ4n) is 3.31. The van der Waals surface area contributed by atoms with E-state index in [1.807, 2.05) is 38.1 Å². The second-order valence-electron chi connectivity index (χ2n) is 7.06. The lowest BCUT2D eigenvalue weighted by molar-refractivity contribution is -0.916. The fraction of sp³-hybridized carbons (Fsp3) is 0.381. The van der Waals surface area contributed by atoms with Gasteiger partial charge in [0.1, 0.15) is 12.3 Å². The molecule has 1 saturated carbocycles. The number of hydrogen-bond donors (Lipinski definition) is 2. The van der Waals surface area contributed by atoms with Gasteiger partial charge in [0.05, 0.1) is 13.2 Å². The van der Waals surface area contributed by atoms with E-state index in [2.05, 4.69) is 23.5 Å². The largest absolute Gasteiger partial charge is 0.497 e. The van der Waals surface area contributed by atoms with Crippen LogP contribution >= 0.6 is 0 Å². The van der Waals surface area contributed by atoms with Gasteiger partial charge in [-0.3, -0.25) is 4.79 Å². The minimum absolute atomic E-state index is 0.0837. The van der Waals surface area contributed by atoms with Gasteiger partial charge in [-0.25, -0.2) is 0 Å². The number of aryl methyl sites for hydroxylation is 2. The Balaban J connectivity index is 1.61. The SMILES string of the molecule is COc1ccc(C[NH+](CC(=O)Nc2cc(C)cc(C)c2)C2CC2)cc1. The molecule has 3 rings (SSSR count). The molecule has 0 aromatic heterocycles. The van der Waals surface area contributed by atoms with Crippen LogP contribution in [0.25, 0.3) is 0 Å². The molecule has 1 aliphatic rings. The van der Waals surface area contributed by atoms with Crippen LogP contribution in [0.5, 0.6) is 5.75 Å². The van der Waals surface area contributed by atoms with Crippen molar-refractivity contribution in [2.45, 2.75) is 39.3 Å². The summed E-state index contributed by atoms with van der Waals surface area (Å²) in [5, 5.41) is 3.06. The molecule has 1 fully saturated rings. The zero-order chi connectivity index (χ0) is 17.8. The molecular formula is C21H27N2O2+. The first-order valence-electron chi connectivity index (χ1n) is 8.89. The molecule has 2 N–H and O–H groups in total. The van der Waals surface area contributed by atoms with Gasteiger partial charge in [0.25, 0.3) is 5.91 Å². The van der Waals surface area contributed by atoms with Crippen LogP contribution in [0, 0.1) is 13.8 Å². The van der Waals surface area contributed by atoms with Crippen LogP contribution < -0.4 is 15.0 Å². The maximum Gasteiger partial charge on any atom is 0.279 e. The van der Waals surface area contributed by atoms with E-state index in [0.29, 0.717) is 12.6 Å². The third kappa shape index (κ3) is 5.07. The van der Waals surface area contributed by atoms with Crippen molar-refractivity contribution in [2.75, 3.05) is 19.0 Å². The molecule has 132 valence electrons. The second-order valence-corrected chi connectivity index (χ2v) is 7.06. The topological polar surface area (TPSA) is 42.8 Å². The van der Waals surface area contributed by atoms with Crippen molar-refractivity contribution in [3.63, 3.8) is 0 Å². The number of carbonyl (C=O) groups excluding carboxylic acids is 1. The molecule has 25 heavy (non-hydrogen) atoms. The summed E-state index contributed by atoms with van der Waals surface area (Å²) in [5.74, 6) is 0.949. The molecule has 2 aromatic carbocycles. The van der Waals surface area contributed by atoms with Crippen molar-refractivity contribution >= 4 is 11.6 Å². The summed E-state index contributed by atoms with van der Waals surface area (Å²) in [6.07, 6.45) is 2.42. The summed E-state index contributed by atoms with van der Waals surface area (Å²) in [6, 6.07) is 14.9. The minimum atomic E-state index is 0.0837. The van der Waals surface area contributed by atoms with Gasteiger partial charge in [0, 0.05) is 24.1 Å². The number of carbonyl (C=O) groups is 1. The first-order chi connectivity index (χ1) is 12.0. The summed E-state index contributed by atoms with van der Waals surface area (Å²) in [5.41, 5.74) is 4.46. The average molecular weight is 339 g/mol. The first-order valence-corrected chi connectivity index (χ1v) is 8.89. The lowest BCUT2D eigenvalue weighted by atomic mass is 10.1. The van der Waals surface area contributed by atoms with Crippen LogP contribution in [-0.4, -0.2) is 25.6 Å². The Bertz CT molecular complexity index is 716. The van der Waals surface area contributed by atoms with Gasteiger partial charge < -0.3 is 15.0 Å². The summed E-state index contributed by atoms with van der Waals surface area (Å²) >= 11 is 0. The van der Waals surface area contributed by atoms with Crippen molar-refractivity contribution < 1.29 is 14.4 Å². The minimum Gasteiger partial charge on any atom is -0.497 e. The summed E-state index contributed by atoms with van der Waals surface area (Å²) < 4.78 is 5.21. The smallest absolute Gasteiger partial charge is 0.279 e. The molecule has 4 heteroatoms. The zero-order valence-electron chi connectivity index (χ0n) is 15.3. The molecule has 1 aliphatic carbocycles. The Morgan fingerprint density at radius 3 is 2.32 bits per heavy atom. The molecule has 0 heterocycles. The molecule has 4 nitrogen and oxygen atoms in total. The van der Waals surface area contributed by atoms with Crippen molar-refractivity contribution in [1.82, 2.24) is 0 Å². The van der Waals surface area contributed by atoms with Crippen LogP contribution in [0.1, 0.15) is 29.5 Å². The Hall–Kier alpha value is -2.33. The van der Waals surface area contributed by atoms with E-state index < -0.39 is 0 Å².